The third-order valence-corrected chi connectivity index (χ3v) is 4.26. The van der Waals surface area contributed by atoms with Gasteiger partial charge in [-0.1, -0.05) is 72.9 Å². The van der Waals surface area contributed by atoms with Gasteiger partial charge < -0.3 is 21.5 Å². The van der Waals surface area contributed by atoms with Gasteiger partial charge in [-0.3, -0.25) is 4.79 Å². The van der Waals surface area contributed by atoms with Gasteiger partial charge in [0, 0.05) is 6.42 Å². The van der Waals surface area contributed by atoms with E-state index in [9.17, 15) is 9.59 Å². The zero-order valence-corrected chi connectivity index (χ0v) is 16.5. The Bertz CT molecular complexity index is 845. The second kappa shape index (κ2) is 11.1. The van der Waals surface area contributed by atoms with Gasteiger partial charge in [-0.2, -0.15) is 4.99 Å². The fourth-order valence-corrected chi connectivity index (χ4v) is 2.87. The number of carbonyl (C=O) groups is 2. The molecule has 2 amide bonds. The standard InChI is InChI=1S/C19H20N4O3S2/c20-17(28-18(21)27)23-16(24)15(11-13-7-3-1-4-8-13)22-19(25)26-12-14-9-5-2-6-10-14/h1-10,15H,11-12H2,(H2,21,27)(H,22,25)(H2,20,23,24). The molecule has 0 aliphatic heterocycles. The Labute approximate surface area is 172 Å². The van der Waals surface area contributed by atoms with Gasteiger partial charge in [0.25, 0.3) is 5.91 Å². The maximum absolute atomic E-state index is 12.5. The summed E-state index contributed by atoms with van der Waals surface area (Å²) in [5, 5.41) is 2.46. The van der Waals surface area contributed by atoms with Crippen LogP contribution in [-0.4, -0.2) is 27.5 Å². The highest BCUT2D eigenvalue weighted by molar-refractivity contribution is 8.32. The highest BCUT2D eigenvalue weighted by atomic mass is 32.2. The lowest BCUT2D eigenvalue weighted by atomic mass is 10.1. The highest BCUT2D eigenvalue weighted by Crippen LogP contribution is 2.08. The highest BCUT2D eigenvalue weighted by Gasteiger charge is 2.22. The molecule has 5 N–H and O–H groups in total. The van der Waals surface area contributed by atoms with E-state index >= 15 is 0 Å². The molecule has 0 radical (unpaired) electrons. The number of benzene rings is 2. The Hall–Kier alpha value is -2.91. The Morgan fingerprint density at radius 1 is 1.04 bits per heavy atom. The molecule has 0 spiro atoms. The van der Waals surface area contributed by atoms with Gasteiger partial charge in [0.2, 0.25) is 0 Å². The van der Waals surface area contributed by atoms with Crippen molar-refractivity contribution < 1.29 is 14.3 Å². The Morgan fingerprint density at radius 2 is 1.61 bits per heavy atom. The topological polar surface area (TPSA) is 120 Å². The molecule has 28 heavy (non-hydrogen) atoms. The lowest BCUT2D eigenvalue weighted by Crippen LogP contribution is -2.42. The smallest absolute Gasteiger partial charge is 0.408 e. The number of thioether (sulfide) groups is 1. The number of nitrogens with two attached hydrogens (primary N) is 2. The van der Waals surface area contributed by atoms with Crippen molar-refractivity contribution in [3.63, 3.8) is 0 Å². The first-order chi connectivity index (χ1) is 13.4. The molecule has 0 aliphatic carbocycles. The molecule has 0 bridgehead atoms. The molecular weight excluding hydrogens is 396 g/mol. The van der Waals surface area contributed by atoms with Crippen molar-refractivity contribution in [2.24, 2.45) is 16.5 Å². The summed E-state index contributed by atoms with van der Waals surface area (Å²) in [4.78, 5) is 28.5. The molecule has 0 aromatic heterocycles. The SMILES string of the molecule is NC(=S)SC(N)=NC(=O)C(Cc1ccccc1)NC(=O)OCc1ccccc1. The minimum absolute atomic E-state index is 0.0453. The molecule has 0 aliphatic rings. The number of rotatable bonds is 6. The van der Waals surface area contributed by atoms with E-state index in [0.29, 0.717) is 0 Å². The van der Waals surface area contributed by atoms with Crippen molar-refractivity contribution in [2.45, 2.75) is 19.1 Å². The van der Waals surface area contributed by atoms with Gasteiger partial charge in [-0.25, -0.2) is 4.79 Å². The third kappa shape index (κ3) is 7.77. The first-order valence-electron chi connectivity index (χ1n) is 8.30. The molecule has 0 saturated carbocycles. The summed E-state index contributed by atoms with van der Waals surface area (Å²) >= 11 is 5.53. The number of ether oxygens (including phenoxy) is 1. The normalized spacial score (nSPS) is 12.1. The van der Waals surface area contributed by atoms with E-state index in [1.807, 2.05) is 60.7 Å². The predicted octanol–water partition coefficient (Wildman–Crippen LogP) is 2.34. The number of amides is 2. The third-order valence-electron chi connectivity index (χ3n) is 3.51. The van der Waals surface area contributed by atoms with Crippen molar-refractivity contribution in [1.29, 1.82) is 0 Å². The average Bonchev–Trinajstić information content (AvgIpc) is 2.67. The zero-order chi connectivity index (χ0) is 20.4. The van der Waals surface area contributed by atoms with E-state index in [2.05, 4.69) is 10.3 Å². The number of amidine groups is 1. The summed E-state index contributed by atoms with van der Waals surface area (Å²) in [5.41, 5.74) is 12.7. The van der Waals surface area contributed by atoms with Crippen LogP contribution in [0.3, 0.4) is 0 Å². The van der Waals surface area contributed by atoms with Gasteiger partial charge in [0.15, 0.2) is 5.17 Å². The number of nitrogens with one attached hydrogen (secondary N) is 1. The Kier molecular flexibility index (Phi) is 8.44. The lowest BCUT2D eigenvalue weighted by Gasteiger charge is -2.16. The van der Waals surface area contributed by atoms with E-state index in [0.717, 1.165) is 22.9 Å². The van der Waals surface area contributed by atoms with Crippen molar-refractivity contribution in [3.8, 4) is 0 Å². The molecular formula is C19H20N4O3S2. The number of carbonyl (C=O) groups excluding carboxylic acids is 2. The summed E-state index contributed by atoms with van der Waals surface area (Å²) in [6.07, 6.45) is -0.497. The lowest BCUT2D eigenvalue weighted by molar-refractivity contribution is -0.119. The maximum Gasteiger partial charge on any atom is 0.408 e. The summed E-state index contributed by atoms with van der Waals surface area (Å²) in [6, 6.07) is 17.5. The minimum Gasteiger partial charge on any atom is -0.445 e. The summed E-state index contributed by atoms with van der Waals surface area (Å²) in [6.45, 7) is 0.0849. The fourth-order valence-electron chi connectivity index (χ4n) is 2.27. The molecule has 0 heterocycles. The number of thiocarbonyl (C=S) groups is 1. The molecule has 0 saturated heterocycles. The van der Waals surface area contributed by atoms with E-state index < -0.39 is 18.0 Å². The zero-order valence-electron chi connectivity index (χ0n) is 14.9. The molecule has 1 atom stereocenters. The fraction of sp³-hybridized carbons (Fsp3) is 0.158. The molecule has 1 unspecified atom stereocenters. The first kappa shape index (κ1) is 21.4. The van der Waals surface area contributed by atoms with E-state index in [-0.39, 0.29) is 22.5 Å². The van der Waals surface area contributed by atoms with Gasteiger partial charge in [-0.15, -0.1) is 0 Å². The van der Waals surface area contributed by atoms with Gasteiger partial charge in [-0.05, 0) is 22.9 Å². The van der Waals surface area contributed by atoms with Crippen LogP contribution in [0.25, 0.3) is 0 Å². The average molecular weight is 417 g/mol. The van der Waals surface area contributed by atoms with Gasteiger partial charge in [0.1, 0.15) is 17.0 Å². The minimum atomic E-state index is -0.948. The van der Waals surface area contributed by atoms with Crippen LogP contribution in [0.5, 0.6) is 0 Å². The molecule has 7 nitrogen and oxygen atoms in total. The van der Waals surface area contributed by atoms with Crippen LogP contribution in [-0.2, 0) is 22.6 Å². The van der Waals surface area contributed by atoms with Crippen molar-refractivity contribution in [1.82, 2.24) is 5.32 Å². The van der Waals surface area contributed by atoms with Crippen molar-refractivity contribution >= 4 is 45.5 Å². The van der Waals surface area contributed by atoms with Crippen LogP contribution in [0.1, 0.15) is 11.1 Å². The summed E-state index contributed by atoms with van der Waals surface area (Å²) in [7, 11) is 0. The number of alkyl carbamates (subject to hydrolysis) is 1. The van der Waals surface area contributed by atoms with Crippen LogP contribution < -0.4 is 16.8 Å². The molecule has 2 rings (SSSR count). The second-order valence-corrected chi connectivity index (χ2v) is 7.42. The predicted molar refractivity (Wildman–Crippen MR) is 115 cm³/mol. The Balaban J connectivity index is 2.05. The van der Waals surface area contributed by atoms with Crippen LogP contribution >= 0.6 is 24.0 Å². The van der Waals surface area contributed by atoms with Crippen LogP contribution in [0.15, 0.2) is 65.7 Å². The van der Waals surface area contributed by atoms with Crippen molar-refractivity contribution in [2.75, 3.05) is 0 Å². The van der Waals surface area contributed by atoms with Crippen LogP contribution in [0.2, 0.25) is 0 Å². The number of hydrogen-bond acceptors (Lipinski definition) is 5. The van der Waals surface area contributed by atoms with E-state index in [1.165, 1.54) is 0 Å². The Morgan fingerprint density at radius 3 is 2.18 bits per heavy atom. The monoisotopic (exact) mass is 416 g/mol. The second-order valence-electron chi connectivity index (χ2n) is 5.66. The van der Waals surface area contributed by atoms with E-state index in [4.69, 9.17) is 28.4 Å². The summed E-state index contributed by atoms with van der Waals surface area (Å²) < 4.78 is 5.23. The molecule has 146 valence electrons. The van der Waals surface area contributed by atoms with Crippen molar-refractivity contribution in [3.05, 3.63) is 71.8 Å². The van der Waals surface area contributed by atoms with Crippen LogP contribution in [0.4, 0.5) is 4.79 Å². The number of aliphatic imine (C=N–C) groups is 1. The van der Waals surface area contributed by atoms with Gasteiger partial charge in [0.05, 0.1) is 0 Å². The van der Waals surface area contributed by atoms with E-state index in [1.54, 1.807) is 0 Å². The number of nitrogens with zero attached hydrogens (tertiary/aromatic N) is 1. The molecule has 2 aromatic rings. The van der Waals surface area contributed by atoms with Gasteiger partial charge >= 0.3 is 6.09 Å². The van der Waals surface area contributed by atoms with Crippen LogP contribution in [0, 0.1) is 0 Å². The quantitative estimate of drug-likeness (QED) is 0.375. The molecule has 0 fully saturated rings. The largest absolute Gasteiger partial charge is 0.445 e. The first-order valence-corrected chi connectivity index (χ1v) is 9.53. The maximum atomic E-state index is 12.5. The summed E-state index contributed by atoms with van der Waals surface area (Å²) in [5.74, 6) is -0.623. The molecule has 2 aromatic carbocycles. The number of hydrogen-bond donors (Lipinski definition) is 3. The molecule has 9 heteroatoms.